The zero-order valence-electron chi connectivity index (χ0n) is 9.53. The first kappa shape index (κ1) is 13.3. The number of carboxylic acid groups (broad SMARTS) is 1. The third-order valence-corrected chi connectivity index (χ3v) is 4.54. The molecule has 6 heteroatoms. The first-order valence-corrected chi connectivity index (χ1v) is 6.96. The first-order chi connectivity index (χ1) is 8.54. The summed E-state index contributed by atoms with van der Waals surface area (Å²) in [6.07, 6.45) is 0. The van der Waals surface area contributed by atoms with Gasteiger partial charge in [-0.3, -0.25) is 0 Å². The van der Waals surface area contributed by atoms with Crippen molar-refractivity contribution in [1.29, 1.82) is 0 Å². The molecule has 3 nitrogen and oxygen atoms in total. The zero-order chi connectivity index (χ0) is 13.3. The summed E-state index contributed by atoms with van der Waals surface area (Å²) in [7, 11) is 4.25. The van der Waals surface area contributed by atoms with E-state index >= 15 is 0 Å². The van der Waals surface area contributed by atoms with E-state index in [9.17, 15) is 9.90 Å². The van der Waals surface area contributed by atoms with Crippen LogP contribution in [0, 0.1) is 0 Å². The molecule has 0 aliphatic carbocycles. The van der Waals surface area contributed by atoms with Crippen molar-refractivity contribution in [3.63, 3.8) is 0 Å². The fraction of sp³-hybridized carbons (Fsp3) is 0.0833. The maximum Gasteiger partial charge on any atom is 0.339 e. The molecule has 0 spiro atoms. The second-order valence-corrected chi connectivity index (χ2v) is 5.55. The van der Waals surface area contributed by atoms with Crippen molar-refractivity contribution < 1.29 is 9.90 Å². The van der Waals surface area contributed by atoms with E-state index in [0.29, 0.717) is 21.2 Å². The van der Waals surface area contributed by atoms with E-state index in [2.05, 4.69) is 14.6 Å². The number of hydrogen-bond donors (Lipinski definition) is 2. The normalized spacial score (nSPS) is 10.4. The number of anilines is 1. The van der Waals surface area contributed by atoms with Crippen LogP contribution in [0.4, 0.5) is 5.00 Å². The number of thiophene rings is 1. The highest BCUT2D eigenvalue weighted by Gasteiger charge is 2.19. The maximum absolute atomic E-state index is 11.3. The molecule has 0 saturated heterocycles. The van der Waals surface area contributed by atoms with Gasteiger partial charge in [-0.25, -0.2) is 4.79 Å². The Morgan fingerprint density at radius 3 is 2.78 bits per heavy atom. The molecule has 0 fully saturated rings. The Bertz CT molecular complexity index is 612. The quantitative estimate of drug-likeness (QED) is 0.855. The van der Waals surface area contributed by atoms with Gasteiger partial charge in [0.15, 0.2) is 0 Å². The van der Waals surface area contributed by atoms with Crippen molar-refractivity contribution in [2.75, 3.05) is 12.4 Å². The number of hydrogen-bond acceptors (Lipinski definition) is 3. The van der Waals surface area contributed by atoms with Crippen LogP contribution in [-0.2, 0) is 0 Å². The van der Waals surface area contributed by atoms with Gasteiger partial charge in [0.25, 0.3) is 0 Å². The number of halogens is 1. The molecule has 0 amide bonds. The molecule has 2 rings (SSSR count). The summed E-state index contributed by atoms with van der Waals surface area (Å²) >= 11 is 7.33. The molecule has 1 heterocycles. The van der Waals surface area contributed by atoms with Gasteiger partial charge >= 0.3 is 5.97 Å². The lowest BCUT2D eigenvalue weighted by molar-refractivity contribution is 0.0699. The van der Waals surface area contributed by atoms with Crippen molar-refractivity contribution in [3.8, 4) is 11.1 Å². The second-order valence-electron chi connectivity index (χ2n) is 3.64. The van der Waals surface area contributed by atoms with Crippen LogP contribution in [-0.4, -0.2) is 18.1 Å². The van der Waals surface area contributed by atoms with Crippen LogP contribution in [0.5, 0.6) is 0 Å². The smallest absolute Gasteiger partial charge is 0.339 e. The summed E-state index contributed by atoms with van der Waals surface area (Å²) in [5, 5.41) is 16.2. The molecule has 1 aromatic carbocycles. The summed E-state index contributed by atoms with van der Waals surface area (Å²) in [6, 6.07) is 5.45. The van der Waals surface area contributed by atoms with Crippen molar-refractivity contribution in [1.82, 2.24) is 0 Å². The standard InChI is InChI=1S/C12H11ClNO2PS/c1-14-11-10(12(15)16)7(5-18-11)6-2-3-8(13)9(17)4-6/h2-5,14H,17H2,1H3,(H,15,16). The summed E-state index contributed by atoms with van der Waals surface area (Å²) < 4.78 is 0. The Balaban J connectivity index is 2.60. The molecule has 0 aliphatic heterocycles. The lowest BCUT2D eigenvalue weighted by atomic mass is 10.0. The van der Waals surface area contributed by atoms with Gasteiger partial charge in [0, 0.05) is 23.0 Å². The average molecular weight is 300 g/mol. The second kappa shape index (κ2) is 5.27. The van der Waals surface area contributed by atoms with Crippen molar-refractivity contribution >= 4 is 48.5 Å². The molecule has 1 atom stereocenters. The molecule has 0 saturated carbocycles. The number of aromatic carboxylic acids is 1. The van der Waals surface area contributed by atoms with Gasteiger partial charge in [0.1, 0.15) is 10.6 Å². The number of carboxylic acids is 1. The molecule has 18 heavy (non-hydrogen) atoms. The Hall–Kier alpha value is -1.09. The fourth-order valence-electron chi connectivity index (χ4n) is 1.68. The summed E-state index contributed by atoms with van der Waals surface area (Å²) in [5.41, 5.74) is 1.85. The predicted molar refractivity (Wildman–Crippen MR) is 80.6 cm³/mol. The molecule has 2 N–H and O–H groups in total. The van der Waals surface area contributed by atoms with Crippen molar-refractivity contribution in [3.05, 3.63) is 34.2 Å². The Morgan fingerprint density at radius 2 is 2.22 bits per heavy atom. The molecule has 0 aliphatic rings. The van der Waals surface area contributed by atoms with Gasteiger partial charge < -0.3 is 10.4 Å². The zero-order valence-corrected chi connectivity index (χ0v) is 12.3. The van der Waals surface area contributed by atoms with Gasteiger partial charge in [-0.15, -0.1) is 20.6 Å². The number of carbonyl (C=O) groups is 1. The fourth-order valence-corrected chi connectivity index (χ4v) is 2.99. The monoisotopic (exact) mass is 299 g/mol. The minimum Gasteiger partial charge on any atom is -0.478 e. The largest absolute Gasteiger partial charge is 0.478 e. The van der Waals surface area contributed by atoms with E-state index in [4.69, 9.17) is 11.6 Å². The SMILES string of the molecule is CNc1scc(-c2ccc(Cl)c(P)c2)c1C(=O)O. The lowest BCUT2D eigenvalue weighted by Crippen LogP contribution is -2.02. The van der Waals surface area contributed by atoms with Crippen molar-refractivity contribution in [2.45, 2.75) is 0 Å². The van der Waals surface area contributed by atoms with Crippen LogP contribution in [0.1, 0.15) is 10.4 Å². The molecule has 1 aromatic heterocycles. The van der Waals surface area contributed by atoms with Crippen molar-refractivity contribution in [2.24, 2.45) is 0 Å². The van der Waals surface area contributed by atoms with Gasteiger partial charge in [0.05, 0.1) is 0 Å². The first-order valence-electron chi connectivity index (χ1n) is 5.12. The lowest BCUT2D eigenvalue weighted by Gasteiger charge is -2.05. The number of rotatable bonds is 3. The Labute approximate surface area is 116 Å². The van der Waals surface area contributed by atoms with Crippen LogP contribution in [0.2, 0.25) is 5.02 Å². The molecular weight excluding hydrogens is 289 g/mol. The summed E-state index contributed by atoms with van der Waals surface area (Å²) in [6.45, 7) is 0. The highest BCUT2D eigenvalue weighted by atomic mass is 35.5. The number of nitrogens with one attached hydrogen (secondary N) is 1. The van der Waals surface area contributed by atoms with E-state index in [1.54, 1.807) is 13.1 Å². The average Bonchev–Trinajstić information content (AvgIpc) is 2.76. The Morgan fingerprint density at radius 1 is 1.50 bits per heavy atom. The highest BCUT2D eigenvalue weighted by Crippen LogP contribution is 2.35. The van der Waals surface area contributed by atoms with E-state index < -0.39 is 5.97 Å². The number of benzene rings is 1. The van der Waals surface area contributed by atoms with Gasteiger partial charge in [-0.2, -0.15) is 0 Å². The van der Waals surface area contributed by atoms with Crippen LogP contribution in [0.15, 0.2) is 23.6 Å². The van der Waals surface area contributed by atoms with Gasteiger partial charge in [-0.1, -0.05) is 17.7 Å². The molecule has 1 unspecified atom stereocenters. The predicted octanol–water partition coefficient (Wildman–Crippen LogP) is 3.31. The molecule has 0 bridgehead atoms. The van der Waals surface area contributed by atoms with E-state index in [0.717, 1.165) is 10.9 Å². The van der Waals surface area contributed by atoms with Gasteiger partial charge in [-0.05, 0) is 23.0 Å². The topological polar surface area (TPSA) is 49.3 Å². The van der Waals surface area contributed by atoms with Gasteiger partial charge in [0.2, 0.25) is 0 Å². The third kappa shape index (κ3) is 2.37. The minimum absolute atomic E-state index is 0.300. The summed E-state index contributed by atoms with van der Waals surface area (Å²) in [5.74, 6) is -0.934. The molecule has 2 aromatic rings. The molecular formula is C12H11ClNO2PS. The molecule has 94 valence electrons. The third-order valence-electron chi connectivity index (χ3n) is 2.54. The maximum atomic E-state index is 11.3. The summed E-state index contributed by atoms with van der Waals surface area (Å²) in [4.78, 5) is 11.3. The van der Waals surface area contributed by atoms with E-state index in [1.807, 2.05) is 17.5 Å². The van der Waals surface area contributed by atoms with Crippen LogP contribution >= 0.6 is 32.2 Å². The van der Waals surface area contributed by atoms with Crippen LogP contribution < -0.4 is 10.6 Å². The van der Waals surface area contributed by atoms with Crippen LogP contribution in [0.25, 0.3) is 11.1 Å². The molecule has 0 radical (unpaired) electrons. The van der Waals surface area contributed by atoms with E-state index in [-0.39, 0.29) is 0 Å². The Kier molecular flexibility index (Phi) is 3.91. The van der Waals surface area contributed by atoms with E-state index in [1.165, 1.54) is 11.3 Å². The minimum atomic E-state index is -0.934. The van der Waals surface area contributed by atoms with Crippen LogP contribution in [0.3, 0.4) is 0 Å². The highest BCUT2D eigenvalue weighted by molar-refractivity contribution is 7.28.